The van der Waals surface area contributed by atoms with E-state index in [4.69, 9.17) is 0 Å². The van der Waals surface area contributed by atoms with Gasteiger partial charge in [0.25, 0.3) is 0 Å². The molecule has 1 atom stereocenters. The fourth-order valence-corrected chi connectivity index (χ4v) is 3.42. The molecule has 3 heteroatoms. The van der Waals surface area contributed by atoms with Crippen molar-refractivity contribution >= 4 is 11.3 Å². The van der Waals surface area contributed by atoms with E-state index in [9.17, 15) is 0 Å². The van der Waals surface area contributed by atoms with Crippen molar-refractivity contribution in [1.29, 1.82) is 0 Å². The number of aryl methyl sites for hydroxylation is 1. The molecule has 0 saturated heterocycles. The van der Waals surface area contributed by atoms with E-state index in [1.165, 1.54) is 69.2 Å². The molecule has 0 aliphatic carbocycles. The second kappa shape index (κ2) is 12.2. The van der Waals surface area contributed by atoms with Gasteiger partial charge in [-0.3, -0.25) is 0 Å². The van der Waals surface area contributed by atoms with E-state index >= 15 is 0 Å². The number of rotatable bonds is 13. The molecule has 0 aromatic carbocycles. The van der Waals surface area contributed by atoms with Gasteiger partial charge in [-0.15, -0.1) is 11.3 Å². The van der Waals surface area contributed by atoms with E-state index in [1.807, 2.05) is 0 Å². The summed E-state index contributed by atoms with van der Waals surface area (Å²) < 4.78 is 0. The summed E-state index contributed by atoms with van der Waals surface area (Å²) in [5.41, 5.74) is 1.14. The highest BCUT2D eigenvalue weighted by Crippen LogP contribution is 2.17. The van der Waals surface area contributed by atoms with E-state index in [1.54, 1.807) is 11.3 Å². The molecule has 0 aliphatic rings. The van der Waals surface area contributed by atoms with Crippen molar-refractivity contribution in [1.82, 2.24) is 10.3 Å². The van der Waals surface area contributed by atoms with Gasteiger partial charge in [-0.2, -0.15) is 0 Å². The second-order valence-electron chi connectivity index (χ2n) is 6.18. The van der Waals surface area contributed by atoms with Crippen LogP contribution in [0.25, 0.3) is 0 Å². The summed E-state index contributed by atoms with van der Waals surface area (Å²) in [5, 5.41) is 6.94. The molecule has 1 aromatic rings. The second-order valence-corrected chi connectivity index (χ2v) is 7.07. The van der Waals surface area contributed by atoms with Crippen LogP contribution in [0.5, 0.6) is 0 Å². The Bertz CT molecular complexity index is 349. The molecule has 1 unspecified atom stereocenters. The van der Waals surface area contributed by atoms with Crippen LogP contribution in [0.3, 0.4) is 0 Å². The lowest BCUT2D eigenvalue weighted by molar-refractivity contribution is 0.516. The Morgan fingerprint density at radius 3 is 2.10 bits per heavy atom. The number of nitrogens with one attached hydrogen (secondary N) is 1. The van der Waals surface area contributed by atoms with Gasteiger partial charge in [-0.25, -0.2) is 4.98 Å². The van der Waals surface area contributed by atoms with Crippen molar-refractivity contribution in [3.05, 3.63) is 16.1 Å². The molecule has 1 heterocycles. The Morgan fingerprint density at radius 1 is 1.00 bits per heavy atom. The van der Waals surface area contributed by atoms with Crippen molar-refractivity contribution in [2.75, 3.05) is 6.54 Å². The van der Waals surface area contributed by atoms with E-state index in [0.717, 1.165) is 12.2 Å². The van der Waals surface area contributed by atoms with Crippen LogP contribution in [-0.4, -0.2) is 11.5 Å². The molecule has 122 valence electrons. The van der Waals surface area contributed by atoms with Gasteiger partial charge in [0.15, 0.2) is 0 Å². The van der Waals surface area contributed by atoms with E-state index in [-0.39, 0.29) is 0 Å². The molecule has 0 aliphatic heterocycles. The first-order valence-electron chi connectivity index (χ1n) is 8.89. The molecule has 0 saturated carbocycles. The quantitative estimate of drug-likeness (QED) is 0.450. The van der Waals surface area contributed by atoms with Gasteiger partial charge in [0.05, 0.1) is 6.04 Å². The summed E-state index contributed by atoms with van der Waals surface area (Å²) in [6, 6.07) is 0.405. The standard InChI is InChI=1S/C18H34N2S/c1-4-5-6-7-8-9-10-11-12-13-14-19-17(3)18-20-16(2)15-21-18/h15,17,19H,4-14H2,1-3H3. The maximum Gasteiger partial charge on any atom is 0.110 e. The highest BCUT2D eigenvalue weighted by Gasteiger charge is 2.07. The topological polar surface area (TPSA) is 24.9 Å². The smallest absolute Gasteiger partial charge is 0.110 e. The SMILES string of the molecule is CCCCCCCCCCCCNC(C)c1nc(C)cs1. The summed E-state index contributed by atoms with van der Waals surface area (Å²) >= 11 is 1.77. The van der Waals surface area contributed by atoms with E-state index in [2.05, 4.69) is 36.5 Å². The van der Waals surface area contributed by atoms with Gasteiger partial charge in [-0.05, 0) is 26.8 Å². The number of unbranched alkanes of at least 4 members (excludes halogenated alkanes) is 9. The third-order valence-corrected chi connectivity index (χ3v) is 5.13. The fraction of sp³-hybridized carbons (Fsp3) is 0.833. The third kappa shape index (κ3) is 9.26. The van der Waals surface area contributed by atoms with Crippen LogP contribution in [0.4, 0.5) is 0 Å². The predicted molar refractivity (Wildman–Crippen MR) is 95.1 cm³/mol. The van der Waals surface area contributed by atoms with E-state index < -0.39 is 0 Å². The zero-order chi connectivity index (χ0) is 15.3. The maximum absolute atomic E-state index is 4.54. The summed E-state index contributed by atoms with van der Waals surface area (Å²) in [4.78, 5) is 4.54. The largest absolute Gasteiger partial charge is 0.308 e. The lowest BCUT2D eigenvalue weighted by Crippen LogP contribution is -2.19. The Labute approximate surface area is 135 Å². The number of thiazole rings is 1. The minimum Gasteiger partial charge on any atom is -0.308 e. The van der Waals surface area contributed by atoms with Gasteiger partial charge >= 0.3 is 0 Å². The minimum atomic E-state index is 0.405. The van der Waals surface area contributed by atoms with Crippen LogP contribution in [0.1, 0.15) is 94.8 Å². The number of nitrogens with zero attached hydrogens (tertiary/aromatic N) is 1. The highest BCUT2D eigenvalue weighted by molar-refractivity contribution is 7.09. The minimum absolute atomic E-state index is 0.405. The molecule has 0 spiro atoms. The van der Waals surface area contributed by atoms with Gasteiger partial charge in [0.1, 0.15) is 5.01 Å². The number of hydrogen-bond acceptors (Lipinski definition) is 3. The zero-order valence-corrected chi connectivity index (χ0v) is 15.1. The molecule has 1 rings (SSSR count). The van der Waals surface area contributed by atoms with Gasteiger partial charge in [0, 0.05) is 11.1 Å². The number of hydrogen-bond donors (Lipinski definition) is 1. The van der Waals surface area contributed by atoms with Crippen LogP contribution in [-0.2, 0) is 0 Å². The summed E-state index contributed by atoms with van der Waals surface area (Å²) in [6.45, 7) is 7.68. The van der Waals surface area contributed by atoms with Gasteiger partial charge in [-0.1, -0.05) is 64.7 Å². The average Bonchev–Trinajstić information content (AvgIpc) is 2.91. The molecule has 1 aromatic heterocycles. The Kier molecular flexibility index (Phi) is 10.8. The van der Waals surface area contributed by atoms with Gasteiger partial charge in [0.2, 0.25) is 0 Å². The highest BCUT2D eigenvalue weighted by atomic mass is 32.1. The van der Waals surface area contributed by atoms with Crippen molar-refractivity contribution in [3.63, 3.8) is 0 Å². The summed E-state index contributed by atoms with van der Waals surface area (Å²) in [6.07, 6.45) is 14.0. The monoisotopic (exact) mass is 310 g/mol. The molecule has 0 fully saturated rings. The predicted octanol–water partition coefficient (Wildman–Crippen LogP) is 6.02. The summed E-state index contributed by atoms with van der Waals surface area (Å²) in [7, 11) is 0. The summed E-state index contributed by atoms with van der Waals surface area (Å²) in [5.74, 6) is 0. The molecule has 0 amide bonds. The van der Waals surface area contributed by atoms with Crippen LogP contribution in [0.2, 0.25) is 0 Å². The first-order valence-corrected chi connectivity index (χ1v) is 9.77. The molecular formula is C18H34N2S. The van der Waals surface area contributed by atoms with Crippen LogP contribution in [0.15, 0.2) is 5.38 Å². The Morgan fingerprint density at radius 2 is 1.57 bits per heavy atom. The fourth-order valence-electron chi connectivity index (χ4n) is 2.59. The van der Waals surface area contributed by atoms with Crippen LogP contribution >= 0.6 is 11.3 Å². The maximum atomic E-state index is 4.54. The molecular weight excluding hydrogens is 276 g/mol. The lowest BCUT2D eigenvalue weighted by atomic mass is 10.1. The van der Waals surface area contributed by atoms with Crippen molar-refractivity contribution in [3.8, 4) is 0 Å². The van der Waals surface area contributed by atoms with Crippen LogP contribution in [0, 0.1) is 6.92 Å². The van der Waals surface area contributed by atoms with Crippen molar-refractivity contribution in [2.45, 2.75) is 91.0 Å². The number of aromatic nitrogens is 1. The van der Waals surface area contributed by atoms with Gasteiger partial charge < -0.3 is 5.32 Å². The Hall–Kier alpha value is -0.410. The molecule has 1 N–H and O–H groups in total. The molecule has 2 nitrogen and oxygen atoms in total. The first-order chi connectivity index (χ1) is 10.2. The van der Waals surface area contributed by atoms with E-state index in [0.29, 0.717) is 6.04 Å². The normalized spacial score (nSPS) is 12.7. The molecule has 21 heavy (non-hydrogen) atoms. The van der Waals surface area contributed by atoms with Crippen LogP contribution < -0.4 is 5.32 Å². The average molecular weight is 311 g/mol. The Balaban J connectivity index is 1.86. The lowest BCUT2D eigenvalue weighted by Gasteiger charge is -2.10. The zero-order valence-electron chi connectivity index (χ0n) is 14.3. The first kappa shape index (κ1) is 18.6. The molecule has 0 radical (unpaired) electrons. The van der Waals surface area contributed by atoms with Crippen molar-refractivity contribution < 1.29 is 0 Å². The molecule has 0 bridgehead atoms. The third-order valence-electron chi connectivity index (χ3n) is 3.99. The van der Waals surface area contributed by atoms with Crippen molar-refractivity contribution in [2.24, 2.45) is 0 Å².